The van der Waals surface area contributed by atoms with Crippen LogP contribution in [0.1, 0.15) is 91.9 Å². The van der Waals surface area contributed by atoms with E-state index >= 15 is 0 Å². The second-order valence-corrected chi connectivity index (χ2v) is 10.3. The quantitative estimate of drug-likeness (QED) is 0.0291. The predicted molar refractivity (Wildman–Crippen MR) is 151 cm³/mol. The Morgan fingerprint density at radius 1 is 0.562 bits per heavy atom. The molecule has 0 bridgehead atoms. The fraction of sp³-hybridized carbons (Fsp3) is 0.800. The molecule has 0 aliphatic heterocycles. The van der Waals surface area contributed by atoms with Crippen molar-refractivity contribution in [3.63, 3.8) is 0 Å². The van der Waals surface area contributed by atoms with Crippen LogP contribution < -0.4 is 0 Å². The van der Waals surface area contributed by atoms with Crippen molar-refractivity contribution in [3.05, 3.63) is 12.7 Å². The Bertz CT molecular complexity index is 961. The number of ether oxygens (including phenoxy) is 4. The van der Waals surface area contributed by atoms with E-state index in [1.807, 2.05) is 0 Å². The number of halogens is 10. The first-order chi connectivity index (χ1) is 22.0. The van der Waals surface area contributed by atoms with E-state index in [0.717, 1.165) is 0 Å². The average Bonchev–Trinajstić information content (AvgIpc) is 2.96. The van der Waals surface area contributed by atoms with E-state index in [4.69, 9.17) is 9.47 Å². The number of carbonyl (C=O) groups is 4. The maximum absolute atomic E-state index is 13.2. The van der Waals surface area contributed by atoms with Crippen LogP contribution in [0.25, 0.3) is 0 Å². The van der Waals surface area contributed by atoms with Gasteiger partial charge < -0.3 is 18.9 Å². The van der Waals surface area contributed by atoms with E-state index in [9.17, 15) is 63.1 Å². The Labute approximate surface area is 272 Å². The minimum absolute atomic E-state index is 0.0482. The molecule has 18 heteroatoms. The van der Waals surface area contributed by atoms with Crippen molar-refractivity contribution < 1.29 is 82.0 Å². The summed E-state index contributed by atoms with van der Waals surface area (Å²) in [6.45, 7) is 9.27. The van der Waals surface area contributed by atoms with Crippen LogP contribution >= 0.6 is 0 Å². The summed E-state index contributed by atoms with van der Waals surface area (Å²) >= 11 is 0. The molecule has 0 aromatic heterocycles. The highest BCUT2D eigenvalue weighted by Crippen LogP contribution is 2.42. The molecule has 0 amide bonds. The summed E-state index contributed by atoms with van der Waals surface area (Å²) in [6, 6.07) is 0. The first-order valence-electron chi connectivity index (χ1n) is 15.2. The smallest absolute Gasteiger partial charge is 0.453 e. The molecule has 0 aliphatic carbocycles. The van der Waals surface area contributed by atoms with Gasteiger partial charge in [0.05, 0.1) is 26.4 Å². The molecule has 0 atom stereocenters. The van der Waals surface area contributed by atoms with Crippen LogP contribution in [-0.2, 0) is 38.1 Å². The van der Waals surface area contributed by atoms with E-state index in [2.05, 4.69) is 16.1 Å². The number of carbonyl (C=O) groups excluding carboxylic acids is 4. The molecular formula is C30H44F10O8. The standard InChI is InChI=1S/C18H27F5O4.C12H17F5O4/c1-4-7-8-9-11-16(14(24)26-5-2,15(25)27-6-3)12-10-13-17(19,20)18(21,22)23;1-3-20-9(18)8(10(19)21-4-2)6-5-7-11(13,14)12(15,16)17/h4H,1,5-13H2,2-3H3;8H,3-7H2,1-2H3. The average molecular weight is 723 g/mol. The van der Waals surface area contributed by atoms with Gasteiger partial charge in [-0.05, 0) is 72.6 Å². The number of hydrogen-bond acceptors (Lipinski definition) is 8. The summed E-state index contributed by atoms with van der Waals surface area (Å²) in [5.74, 6) is -15.2. The predicted octanol–water partition coefficient (Wildman–Crippen LogP) is 8.31. The number of hydrogen-bond donors (Lipinski definition) is 0. The van der Waals surface area contributed by atoms with Crippen molar-refractivity contribution in [1.29, 1.82) is 0 Å². The van der Waals surface area contributed by atoms with Gasteiger partial charge in [0.2, 0.25) is 0 Å². The third-order valence-corrected chi connectivity index (χ3v) is 6.64. The minimum atomic E-state index is -5.69. The van der Waals surface area contributed by atoms with Gasteiger partial charge >= 0.3 is 48.1 Å². The van der Waals surface area contributed by atoms with Gasteiger partial charge in [-0.2, -0.15) is 43.9 Å². The summed E-state index contributed by atoms with van der Waals surface area (Å²) < 4.78 is 144. The summed E-state index contributed by atoms with van der Waals surface area (Å²) in [7, 11) is 0. The largest absolute Gasteiger partial charge is 0.465 e. The second kappa shape index (κ2) is 21.8. The molecule has 8 nitrogen and oxygen atoms in total. The number of rotatable bonds is 21. The lowest BCUT2D eigenvalue weighted by Gasteiger charge is -2.30. The molecule has 0 aliphatic rings. The number of esters is 4. The molecule has 0 spiro atoms. The molecule has 282 valence electrons. The fourth-order valence-corrected chi connectivity index (χ4v) is 4.11. The molecule has 0 N–H and O–H groups in total. The molecule has 0 rings (SSSR count). The van der Waals surface area contributed by atoms with Gasteiger partial charge in [0.15, 0.2) is 11.3 Å². The van der Waals surface area contributed by atoms with Crippen molar-refractivity contribution in [2.75, 3.05) is 26.4 Å². The fourth-order valence-electron chi connectivity index (χ4n) is 4.11. The summed E-state index contributed by atoms with van der Waals surface area (Å²) in [5, 5.41) is 0. The molecule has 0 saturated heterocycles. The molecule has 0 unspecified atom stereocenters. The van der Waals surface area contributed by atoms with E-state index in [0.29, 0.717) is 19.3 Å². The summed E-state index contributed by atoms with van der Waals surface area (Å²) in [5.41, 5.74) is -1.89. The lowest BCUT2D eigenvalue weighted by molar-refractivity contribution is -0.284. The van der Waals surface area contributed by atoms with Crippen molar-refractivity contribution in [1.82, 2.24) is 0 Å². The third kappa shape index (κ3) is 15.9. The Hall–Kier alpha value is -3.08. The van der Waals surface area contributed by atoms with Gasteiger partial charge in [-0.15, -0.1) is 6.58 Å². The van der Waals surface area contributed by atoms with Gasteiger partial charge in [0, 0.05) is 12.8 Å². The van der Waals surface area contributed by atoms with E-state index < -0.39 is 97.9 Å². The van der Waals surface area contributed by atoms with Gasteiger partial charge in [-0.25, -0.2) is 0 Å². The minimum Gasteiger partial charge on any atom is -0.465 e. The van der Waals surface area contributed by atoms with Crippen LogP contribution in [0, 0.1) is 11.3 Å². The Morgan fingerprint density at radius 3 is 1.29 bits per heavy atom. The highest BCUT2D eigenvalue weighted by Gasteiger charge is 2.58. The number of allylic oxidation sites excluding steroid dienone is 1. The van der Waals surface area contributed by atoms with Crippen LogP contribution in [-0.4, -0.2) is 74.5 Å². The van der Waals surface area contributed by atoms with Crippen LogP contribution in [0.15, 0.2) is 12.7 Å². The molecule has 0 heterocycles. The molecule has 0 fully saturated rings. The van der Waals surface area contributed by atoms with Crippen molar-refractivity contribution in [3.8, 4) is 0 Å². The van der Waals surface area contributed by atoms with Gasteiger partial charge in [-0.1, -0.05) is 12.5 Å². The van der Waals surface area contributed by atoms with E-state index in [1.54, 1.807) is 6.08 Å². The van der Waals surface area contributed by atoms with Crippen LogP contribution in [0.2, 0.25) is 0 Å². The maximum atomic E-state index is 13.2. The zero-order valence-electron chi connectivity index (χ0n) is 27.3. The summed E-state index contributed by atoms with van der Waals surface area (Å²) in [4.78, 5) is 47.8. The SMILES string of the molecule is C=CCCCCC(CCCC(F)(F)C(F)(F)F)(C(=O)OCC)C(=O)OCC.CCOC(=O)C(CCCC(F)(F)C(F)(F)F)C(=O)OCC. The van der Waals surface area contributed by atoms with Gasteiger partial charge in [-0.3, -0.25) is 19.2 Å². The highest BCUT2D eigenvalue weighted by atomic mass is 19.4. The lowest BCUT2D eigenvalue weighted by atomic mass is 9.77. The zero-order valence-corrected chi connectivity index (χ0v) is 27.3. The first-order valence-corrected chi connectivity index (χ1v) is 15.2. The van der Waals surface area contributed by atoms with E-state index in [-0.39, 0.29) is 32.8 Å². The lowest BCUT2D eigenvalue weighted by Crippen LogP contribution is -2.43. The Morgan fingerprint density at radius 2 is 0.938 bits per heavy atom. The van der Waals surface area contributed by atoms with Crippen molar-refractivity contribution in [2.45, 2.75) is 116 Å². The van der Waals surface area contributed by atoms with E-state index in [1.165, 1.54) is 27.7 Å². The normalized spacial score (nSPS) is 12.5. The zero-order chi connectivity index (χ0) is 37.8. The second-order valence-electron chi connectivity index (χ2n) is 10.3. The molecule has 0 radical (unpaired) electrons. The van der Waals surface area contributed by atoms with Crippen LogP contribution in [0.5, 0.6) is 0 Å². The molecule has 0 saturated carbocycles. The third-order valence-electron chi connectivity index (χ3n) is 6.64. The highest BCUT2D eigenvalue weighted by molar-refractivity contribution is 6.00. The Balaban J connectivity index is 0. The number of unbranched alkanes of at least 4 members (excludes halogenated alkanes) is 2. The van der Waals surface area contributed by atoms with Gasteiger partial charge in [0.25, 0.3) is 0 Å². The van der Waals surface area contributed by atoms with Crippen LogP contribution in [0.4, 0.5) is 43.9 Å². The Kier molecular flexibility index (Phi) is 21.4. The van der Waals surface area contributed by atoms with Gasteiger partial charge in [0.1, 0.15) is 0 Å². The molecule has 0 aromatic rings. The first kappa shape index (κ1) is 47.0. The van der Waals surface area contributed by atoms with Crippen molar-refractivity contribution in [2.24, 2.45) is 11.3 Å². The maximum Gasteiger partial charge on any atom is 0.453 e. The van der Waals surface area contributed by atoms with Crippen molar-refractivity contribution >= 4 is 23.9 Å². The molecular weight excluding hydrogens is 678 g/mol. The monoisotopic (exact) mass is 722 g/mol. The summed E-state index contributed by atoms with van der Waals surface area (Å²) in [6.07, 6.45) is -13.6. The number of alkyl halides is 10. The molecule has 48 heavy (non-hydrogen) atoms. The topological polar surface area (TPSA) is 105 Å². The van der Waals surface area contributed by atoms with Crippen LogP contribution in [0.3, 0.4) is 0 Å². The molecule has 0 aromatic carbocycles.